The molecule has 0 saturated carbocycles. The summed E-state index contributed by atoms with van der Waals surface area (Å²) in [6, 6.07) is 1.83. The third-order valence-electron chi connectivity index (χ3n) is 1.62. The van der Waals surface area contributed by atoms with Crippen LogP contribution in [0.1, 0.15) is 11.8 Å². The number of methoxy groups -OCH3 is 1. The SMILES string of the molecule is COC(C(N)=S)c1ccnn1C. The van der Waals surface area contributed by atoms with Gasteiger partial charge in [0.25, 0.3) is 0 Å². The van der Waals surface area contributed by atoms with E-state index in [-0.39, 0.29) is 6.10 Å². The standard InChI is InChI=1S/C7H11N3OS/c1-10-5(3-4-9-10)6(11-2)7(8)12/h3-4,6H,1-2H3,(H2,8,12). The fourth-order valence-electron chi connectivity index (χ4n) is 1.02. The van der Waals surface area contributed by atoms with Crippen molar-refractivity contribution in [3.63, 3.8) is 0 Å². The lowest BCUT2D eigenvalue weighted by molar-refractivity contribution is 0.152. The van der Waals surface area contributed by atoms with Crippen molar-refractivity contribution >= 4 is 17.2 Å². The third-order valence-corrected chi connectivity index (χ3v) is 1.84. The topological polar surface area (TPSA) is 53.1 Å². The van der Waals surface area contributed by atoms with Crippen LogP contribution >= 0.6 is 12.2 Å². The van der Waals surface area contributed by atoms with Crippen LogP contribution in [0, 0.1) is 0 Å². The molecular weight excluding hydrogens is 174 g/mol. The minimum atomic E-state index is -0.340. The number of hydrogen-bond acceptors (Lipinski definition) is 3. The quantitative estimate of drug-likeness (QED) is 0.692. The number of hydrogen-bond donors (Lipinski definition) is 1. The minimum absolute atomic E-state index is 0.320. The van der Waals surface area contributed by atoms with Crippen LogP contribution in [-0.4, -0.2) is 21.9 Å². The fourth-order valence-corrected chi connectivity index (χ4v) is 1.24. The lowest BCUT2D eigenvalue weighted by Gasteiger charge is -2.13. The summed E-state index contributed by atoms with van der Waals surface area (Å²) in [7, 11) is 3.39. The van der Waals surface area contributed by atoms with Crippen LogP contribution < -0.4 is 5.73 Å². The molecule has 2 N–H and O–H groups in total. The molecule has 1 heterocycles. The Labute approximate surface area is 76.3 Å². The molecular formula is C7H11N3OS. The minimum Gasteiger partial charge on any atom is -0.391 e. The lowest BCUT2D eigenvalue weighted by Crippen LogP contribution is -2.22. The highest BCUT2D eigenvalue weighted by molar-refractivity contribution is 7.80. The Kier molecular flexibility index (Phi) is 2.78. The van der Waals surface area contributed by atoms with E-state index in [0.29, 0.717) is 4.99 Å². The molecule has 0 fully saturated rings. The van der Waals surface area contributed by atoms with E-state index in [1.54, 1.807) is 18.0 Å². The number of nitrogens with two attached hydrogens (primary N) is 1. The Morgan fingerprint density at radius 2 is 2.50 bits per heavy atom. The highest BCUT2D eigenvalue weighted by atomic mass is 32.1. The first-order chi connectivity index (χ1) is 5.66. The fraction of sp³-hybridized carbons (Fsp3) is 0.429. The molecule has 0 aliphatic heterocycles. The molecule has 1 atom stereocenters. The number of thiocarbonyl (C=S) groups is 1. The van der Waals surface area contributed by atoms with Crippen molar-refractivity contribution in [2.24, 2.45) is 12.8 Å². The summed E-state index contributed by atoms with van der Waals surface area (Å²) in [4.78, 5) is 0.320. The summed E-state index contributed by atoms with van der Waals surface area (Å²) in [5.74, 6) is 0. The smallest absolute Gasteiger partial charge is 0.148 e. The Morgan fingerprint density at radius 3 is 2.83 bits per heavy atom. The van der Waals surface area contributed by atoms with Crippen molar-refractivity contribution in [2.45, 2.75) is 6.10 Å². The normalized spacial score (nSPS) is 12.8. The van der Waals surface area contributed by atoms with Crippen LogP contribution in [0.25, 0.3) is 0 Å². The van der Waals surface area contributed by atoms with Gasteiger partial charge in [-0.3, -0.25) is 4.68 Å². The first-order valence-electron chi connectivity index (χ1n) is 3.47. The second-order valence-corrected chi connectivity index (χ2v) is 2.87. The van der Waals surface area contributed by atoms with Crippen LogP contribution in [0.15, 0.2) is 12.3 Å². The molecule has 0 aliphatic carbocycles. The van der Waals surface area contributed by atoms with Crippen LogP contribution in [0.4, 0.5) is 0 Å². The van der Waals surface area contributed by atoms with Gasteiger partial charge in [-0.2, -0.15) is 5.10 Å². The van der Waals surface area contributed by atoms with Crippen LogP contribution in [0.3, 0.4) is 0 Å². The predicted octanol–water partition coefficient (Wildman–Crippen LogP) is 0.394. The van der Waals surface area contributed by atoms with Crippen LogP contribution in [0.2, 0.25) is 0 Å². The molecule has 1 rings (SSSR count). The molecule has 1 aromatic heterocycles. The molecule has 1 unspecified atom stereocenters. The Balaban J connectivity index is 2.94. The Hall–Kier alpha value is -0.940. The first-order valence-corrected chi connectivity index (χ1v) is 3.87. The maximum Gasteiger partial charge on any atom is 0.148 e. The first kappa shape index (κ1) is 9.15. The van der Waals surface area contributed by atoms with Gasteiger partial charge in [-0.05, 0) is 6.07 Å². The van der Waals surface area contributed by atoms with Gasteiger partial charge in [0.2, 0.25) is 0 Å². The lowest BCUT2D eigenvalue weighted by atomic mass is 10.2. The zero-order chi connectivity index (χ0) is 9.14. The van der Waals surface area contributed by atoms with Crippen LogP contribution in [0.5, 0.6) is 0 Å². The van der Waals surface area contributed by atoms with Crippen molar-refractivity contribution in [3.8, 4) is 0 Å². The van der Waals surface area contributed by atoms with Gasteiger partial charge in [0.05, 0.1) is 5.69 Å². The number of nitrogens with zero attached hydrogens (tertiary/aromatic N) is 2. The third kappa shape index (κ3) is 1.62. The highest BCUT2D eigenvalue weighted by Crippen LogP contribution is 2.14. The molecule has 0 spiro atoms. The molecule has 4 nitrogen and oxygen atoms in total. The average Bonchev–Trinajstić information content (AvgIpc) is 2.38. The molecule has 0 aromatic carbocycles. The largest absolute Gasteiger partial charge is 0.391 e. The molecule has 0 bridgehead atoms. The maximum atomic E-state index is 5.47. The van der Waals surface area contributed by atoms with Crippen molar-refractivity contribution in [2.75, 3.05) is 7.11 Å². The van der Waals surface area contributed by atoms with Gasteiger partial charge in [-0.1, -0.05) is 12.2 Å². The number of aromatic nitrogens is 2. The van der Waals surface area contributed by atoms with E-state index in [2.05, 4.69) is 5.10 Å². The van der Waals surface area contributed by atoms with Gasteiger partial charge < -0.3 is 10.5 Å². The monoisotopic (exact) mass is 185 g/mol. The summed E-state index contributed by atoms with van der Waals surface area (Å²) in [5.41, 5.74) is 6.34. The zero-order valence-electron chi connectivity index (χ0n) is 7.02. The molecule has 0 saturated heterocycles. The molecule has 1 aromatic rings. The van der Waals surface area contributed by atoms with Gasteiger partial charge >= 0.3 is 0 Å². The van der Waals surface area contributed by atoms with Crippen molar-refractivity contribution in [1.82, 2.24) is 9.78 Å². The van der Waals surface area contributed by atoms with Gasteiger partial charge in [0.15, 0.2) is 0 Å². The van der Waals surface area contributed by atoms with Gasteiger partial charge in [0.1, 0.15) is 11.1 Å². The van der Waals surface area contributed by atoms with Gasteiger partial charge in [-0.25, -0.2) is 0 Å². The molecule has 12 heavy (non-hydrogen) atoms. The molecule has 0 radical (unpaired) electrons. The summed E-state index contributed by atoms with van der Waals surface area (Å²) < 4.78 is 6.80. The number of aryl methyl sites for hydroxylation is 1. The predicted molar refractivity (Wildman–Crippen MR) is 49.7 cm³/mol. The van der Waals surface area contributed by atoms with E-state index in [9.17, 15) is 0 Å². The second-order valence-electron chi connectivity index (χ2n) is 2.40. The van der Waals surface area contributed by atoms with E-state index >= 15 is 0 Å². The highest BCUT2D eigenvalue weighted by Gasteiger charge is 2.16. The zero-order valence-corrected chi connectivity index (χ0v) is 7.84. The van der Waals surface area contributed by atoms with Gasteiger partial charge in [-0.15, -0.1) is 0 Å². The van der Waals surface area contributed by atoms with Crippen molar-refractivity contribution < 1.29 is 4.74 Å². The Bertz CT molecular complexity index is 284. The molecule has 66 valence electrons. The van der Waals surface area contributed by atoms with E-state index in [1.165, 1.54) is 0 Å². The summed E-state index contributed by atoms with van der Waals surface area (Å²) in [5, 5.41) is 3.99. The van der Waals surface area contributed by atoms with E-state index < -0.39 is 0 Å². The summed E-state index contributed by atoms with van der Waals surface area (Å²) in [6.45, 7) is 0. The van der Waals surface area contributed by atoms with E-state index in [4.69, 9.17) is 22.7 Å². The molecule has 5 heteroatoms. The summed E-state index contributed by atoms with van der Waals surface area (Å²) in [6.07, 6.45) is 1.34. The number of rotatable bonds is 3. The van der Waals surface area contributed by atoms with Crippen LogP contribution in [-0.2, 0) is 11.8 Å². The second kappa shape index (κ2) is 3.64. The van der Waals surface area contributed by atoms with E-state index in [1.807, 2.05) is 13.1 Å². The summed E-state index contributed by atoms with van der Waals surface area (Å²) >= 11 is 4.84. The van der Waals surface area contributed by atoms with Gasteiger partial charge in [0, 0.05) is 20.4 Å². The van der Waals surface area contributed by atoms with Crippen molar-refractivity contribution in [3.05, 3.63) is 18.0 Å². The molecule has 0 aliphatic rings. The maximum absolute atomic E-state index is 5.47. The van der Waals surface area contributed by atoms with E-state index in [0.717, 1.165) is 5.69 Å². The Morgan fingerprint density at radius 1 is 1.83 bits per heavy atom. The van der Waals surface area contributed by atoms with Crippen molar-refractivity contribution in [1.29, 1.82) is 0 Å². The number of ether oxygens (including phenoxy) is 1. The molecule has 0 amide bonds. The average molecular weight is 185 g/mol.